The lowest BCUT2D eigenvalue weighted by molar-refractivity contribution is -0.117. The largest absolute Gasteiger partial charge is 0.378 e. The van der Waals surface area contributed by atoms with E-state index < -0.39 is 10.0 Å². The summed E-state index contributed by atoms with van der Waals surface area (Å²) < 4.78 is 38.3. The first-order chi connectivity index (χ1) is 13.6. The second kappa shape index (κ2) is 10.3. The lowest BCUT2D eigenvalue weighted by Crippen LogP contribution is -2.32. The van der Waals surface area contributed by atoms with Crippen LogP contribution in [-0.4, -0.2) is 57.6 Å². The highest BCUT2D eigenvalue weighted by Crippen LogP contribution is 2.22. The van der Waals surface area contributed by atoms with Crippen LogP contribution in [0.4, 0.5) is 5.69 Å². The van der Waals surface area contributed by atoms with E-state index in [2.05, 4.69) is 5.32 Å². The molecule has 0 radical (unpaired) electrons. The number of hydrogen-bond donors (Lipinski definition) is 1. The summed E-state index contributed by atoms with van der Waals surface area (Å²) in [5.41, 5.74) is 0.486. The lowest BCUT2D eigenvalue weighted by atomic mass is 10.2. The second-order valence-corrected chi connectivity index (χ2v) is 9.29. The summed E-state index contributed by atoms with van der Waals surface area (Å²) >= 11 is 0. The molecule has 156 valence electrons. The van der Waals surface area contributed by atoms with Gasteiger partial charge in [-0.15, -0.1) is 0 Å². The molecule has 1 amide bonds. The summed E-state index contributed by atoms with van der Waals surface area (Å²) in [6, 6.07) is 6.48. The molecule has 0 bridgehead atoms. The Hall–Kier alpha value is -1.48. The van der Waals surface area contributed by atoms with Crippen LogP contribution >= 0.6 is 0 Å². The normalized spacial score (nSPS) is 21.4. The summed E-state index contributed by atoms with van der Waals surface area (Å²) in [5, 5.41) is 2.76. The molecule has 2 aliphatic heterocycles. The number of anilines is 1. The maximum absolute atomic E-state index is 12.9. The maximum Gasteiger partial charge on any atom is 0.243 e. The Labute approximate surface area is 167 Å². The van der Waals surface area contributed by atoms with Gasteiger partial charge < -0.3 is 14.8 Å². The van der Waals surface area contributed by atoms with Gasteiger partial charge in [0.2, 0.25) is 15.9 Å². The number of benzene rings is 1. The van der Waals surface area contributed by atoms with E-state index in [1.54, 1.807) is 22.5 Å². The molecule has 0 saturated carbocycles. The van der Waals surface area contributed by atoms with Crippen molar-refractivity contribution in [3.63, 3.8) is 0 Å². The van der Waals surface area contributed by atoms with Crippen LogP contribution in [-0.2, 0) is 24.3 Å². The zero-order valence-electron chi connectivity index (χ0n) is 16.3. The van der Waals surface area contributed by atoms with Crippen molar-refractivity contribution in [3.05, 3.63) is 24.3 Å². The fraction of sp³-hybridized carbons (Fsp3) is 0.650. The van der Waals surface area contributed by atoms with Gasteiger partial charge in [-0.2, -0.15) is 4.31 Å². The molecule has 1 unspecified atom stereocenters. The average Bonchev–Trinajstić information content (AvgIpc) is 3.04. The highest BCUT2D eigenvalue weighted by molar-refractivity contribution is 7.89. The van der Waals surface area contributed by atoms with Gasteiger partial charge >= 0.3 is 0 Å². The second-order valence-electron chi connectivity index (χ2n) is 7.35. The van der Waals surface area contributed by atoms with Crippen LogP contribution in [0.2, 0.25) is 0 Å². The molecule has 0 aliphatic carbocycles. The molecule has 2 fully saturated rings. The number of rotatable bonds is 8. The molecule has 1 atom stereocenters. The molecular weight excluding hydrogens is 380 g/mol. The van der Waals surface area contributed by atoms with Crippen molar-refractivity contribution in [1.82, 2.24) is 4.31 Å². The predicted molar refractivity (Wildman–Crippen MR) is 107 cm³/mol. The molecule has 2 aliphatic rings. The Balaban J connectivity index is 1.51. The lowest BCUT2D eigenvalue weighted by Gasteiger charge is -2.20. The fourth-order valence-electron chi connectivity index (χ4n) is 3.54. The van der Waals surface area contributed by atoms with E-state index in [-0.39, 0.29) is 23.3 Å². The van der Waals surface area contributed by atoms with E-state index in [1.165, 1.54) is 6.07 Å². The van der Waals surface area contributed by atoms with Gasteiger partial charge in [-0.1, -0.05) is 18.9 Å². The first kappa shape index (κ1) is 21.2. The van der Waals surface area contributed by atoms with Crippen LogP contribution in [0.1, 0.15) is 44.9 Å². The SMILES string of the molecule is O=C(CCOCC1CCCO1)Nc1cccc(S(=O)(=O)N2CCCCCC2)c1. The van der Waals surface area contributed by atoms with E-state index in [4.69, 9.17) is 9.47 Å². The molecule has 1 aromatic rings. The Kier molecular flexibility index (Phi) is 7.84. The molecule has 0 aromatic heterocycles. The van der Waals surface area contributed by atoms with Crippen LogP contribution in [0.25, 0.3) is 0 Å². The third-order valence-corrected chi connectivity index (χ3v) is 7.02. The summed E-state index contributed by atoms with van der Waals surface area (Å²) in [4.78, 5) is 12.4. The predicted octanol–water partition coefficient (Wildman–Crippen LogP) is 2.78. The zero-order chi connectivity index (χ0) is 19.8. The van der Waals surface area contributed by atoms with Crippen molar-refractivity contribution < 1.29 is 22.7 Å². The monoisotopic (exact) mass is 410 g/mol. The molecule has 2 saturated heterocycles. The van der Waals surface area contributed by atoms with Gasteiger partial charge in [0.15, 0.2) is 0 Å². The molecule has 1 aromatic carbocycles. The minimum atomic E-state index is -3.53. The van der Waals surface area contributed by atoms with Gasteiger partial charge in [-0.05, 0) is 43.9 Å². The quantitative estimate of drug-likeness (QED) is 0.666. The molecule has 2 heterocycles. The van der Waals surface area contributed by atoms with E-state index in [0.29, 0.717) is 32.0 Å². The molecule has 1 N–H and O–H groups in total. The van der Waals surface area contributed by atoms with Gasteiger partial charge in [-0.3, -0.25) is 4.79 Å². The Morgan fingerprint density at radius 3 is 2.68 bits per heavy atom. The number of ether oxygens (including phenoxy) is 2. The minimum Gasteiger partial charge on any atom is -0.378 e. The maximum atomic E-state index is 12.9. The number of amides is 1. The van der Waals surface area contributed by atoms with E-state index >= 15 is 0 Å². The Bertz CT molecular complexity index is 739. The standard InChI is InChI=1S/C20H30N2O5S/c23-20(10-14-26-16-18-8-6-13-27-18)21-17-7-5-9-19(15-17)28(24,25)22-11-3-1-2-4-12-22/h5,7,9,15,18H,1-4,6,8,10-14,16H2,(H,21,23). The third-order valence-electron chi connectivity index (χ3n) is 5.12. The van der Waals surface area contributed by atoms with Crippen LogP contribution in [0.3, 0.4) is 0 Å². The summed E-state index contributed by atoms with van der Waals surface area (Å²) in [6.07, 6.45) is 6.34. The van der Waals surface area contributed by atoms with E-state index in [9.17, 15) is 13.2 Å². The van der Waals surface area contributed by atoms with Crippen molar-refractivity contribution in [3.8, 4) is 0 Å². The molecule has 0 spiro atoms. The zero-order valence-corrected chi connectivity index (χ0v) is 17.1. The van der Waals surface area contributed by atoms with Crippen molar-refractivity contribution >= 4 is 21.6 Å². The van der Waals surface area contributed by atoms with Crippen molar-refractivity contribution in [1.29, 1.82) is 0 Å². The first-order valence-electron chi connectivity index (χ1n) is 10.1. The van der Waals surface area contributed by atoms with Gasteiger partial charge in [0.25, 0.3) is 0 Å². The number of hydrogen-bond acceptors (Lipinski definition) is 5. The number of sulfonamides is 1. The van der Waals surface area contributed by atoms with Crippen molar-refractivity contribution in [2.75, 3.05) is 38.2 Å². The molecule has 7 nitrogen and oxygen atoms in total. The number of carbonyl (C=O) groups is 1. The first-order valence-corrected chi connectivity index (χ1v) is 11.6. The fourth-order valence-corrected chi connectivity index (χ4v) is 5.11. The molecular formula is C20H30N2O5S. The minimum absolute atomic E-state index is 0.143. The topological polar surface area (TPSA) is 84.9 Å². The number of carbonyl (C=O) groups excluding carboxylic acids is 1. The van der Waals surface area contributed by atoms with Crippen LogP contribution in [0.5, 0.6) is 0 Å². The van der Waals surface area contributed by atoms with Gasteiger partial charge in [0.1, 0.15) is 0 Å². The van der Waals surface area contributed by atoms with Crippen molar-refractivity contribution in [2.45, 2.75) is 55.9 Å². The highest BCUT2D eigenvalue weighted by Gasteiger charge is 2.25. The summed E-state index contributed by atoms with van der Waals surface area (Å²) in [5.74, 6) is -0.198. The smallest absolute Gasteiger partial charge is 0.243 e. The molecule has 8 heteroatoms. The highest BCUT2D eigenvalue weighted by atomic mass is 32.2. The Morgan fingerprint density at radius 2 is 1.96 bits per heavy atom. The van der Waals surface area contributed by atoms with Gasteiger partial charge in [0, 0.05) is 25.4 Å². The van der Waals surface area contributed by atoms with Crippen molar-refractivity contribution in [2.24, 2.45) is 0 Å². The summed E-state index contributed by atoms with van der Waals surface area (Å²) in [7, 11) is -3.53. The van der Waals surface area contributed by atoms with Gasteiger partial charge in [-0.25, -0.2) is 8.42 Å². The van der Waals surface area contributed by atoms with Gasteiger partial charge in [0.05, 0.1) is 30.6 Å². The van der Waals surface area contributed by atoms with E-state index in [0.717, 1.165) is 45.1 Å². The third kappa shape index (κ3) is 6.01. The van der Waals surface area contributed by atoms with E-state index in [1.807, 2.05) is 0 Å². The number of nitrogens with zero attached hydrogens (tertiary/aromatic N) is 1. The van der Waals surface area contributed by atoms with Crippen LogP contribution in [0.15, 0.2) is 29.2 Å². The Morgan fingerprint density at radius 1 is 1.18 bits per heavy atom. The van der Waals surface area contributed by atoms with Crippen LogP contribution in [0, 0.1) is 0 Å². The summed E-state index contributed by atoms with van der Waals surface area (Å²) in [6.45, 7) is 2.72. The molecule has 28 heavy (non-hydrogen) atoms. The average molecular weight is 411 g/mol. The van der Waals surface area contributed by atoms with Crippen LogP contribution < -0.4 is 5.32 Å². The molecule has 3 rings (SSSR count). The number of nitrogens with one attached hydrogen (secondary N) is 1.